The van der Waals surface area contributed by atoms with Gasteiger partial charge in [0.05, 0.1) is 13.7 Å². The lowest BCUT2D eigenvalue weighted by Gasteiger charge is -2.17. The number of nitrogens with one attached hydrogen (secondary N) is 2. The van der Waals surface area contributed by atoms with Gasteiger partial charge in [-0.1, -0.05) is 19.1 Å². The molecule has 22 heavy (non-hydrogen) atoms. The zero-order chi connectivity index (χ0) is 16.5. The van der Waals surface area contributed by atoms with Gasteiger partial charge in [-0.3, -0.25) is 15.0 Å². The summed E-state index contributed by atoms with van der Waals surface area (Å²) in [5.74, 6) is 0.453. The van der Waals surface area contributed by atoms with Crippen molar-refractivity contribution in [3.8, 4) is 5.75 Å². The molecule has 1 aromatic carbocycles. The number of hydrogen-bond acceptors (Lipinski definition) is 4. The lowest BCUT2D eigenvalue weighted by atomic mass is 10.2. The summed E-state index contributed by atoms with van der Waals surface area (Å²) < 4.78 is 5.17. The van der Waals surface area contributed by atoms with E-state index >= 15 is 0 Å². The minimum Gasteiger partial charge on any atom is -0.497 e. The van der Waals surface area contributed by atoms with E-state index in [2.05, 4.69) is 10.6 Å². The Morgan fingerprint density at radius 3 is 2.73 bits per heavy atom. The van der Waals surface area contributed by atoms with Crippen LogP contribution in [0.25, 0.3) is 0 Å². The Bertz CT molecular complexity index is 505. The molecular weight excluding hydrogens is 282 g/mol. The summed E-state index contributed by atoms with van der Waals surface area (Å²) in [7, 11) is 3.44. The minimum absolute atomic E-state index is 0.0438. The highest BCUT2D eigenvalue weighted by Crippen LogP contribution is 2.13. The van der Waals surface area contributed by atoms with Crippen LogP contribution in [0.5, 0.6) is 5.75 Å². The molecule has 1 atom stereocenters. The van der Waals surface area contributed by atoms with Gasteiger partial charge < -0.3 is 10.1 Å². The van der Waals surface area contributed by atoms with E-state index in [9.17, 15) is 9.59 Å². The maximum atomic E-state index is 11.8. The predicted molar refractivity (Wildman–Crippen MR) is 85.8 cm³/mol. The summed E-state index contributed by atoms with van der Waals surface area (Å²) in [6, 6.07) is 7.25. The molecule has 0 radical (unpaired) electrons. The highest BCUT2D eigenvalue weighted by molar-refractivity contribution is 5.95. The number of likely N-dealkylation sites (N-methyl/N-ethyl adjacent to an activating group) is 1. The van der Waals surface area contributed by atoms with Gasteiger partial charge in [0.1, 0.15) is 5.75 Å². The van der Waals surface area contributed by atoms with Crippen molar-refractivity contribution < 1.29 is 14.3 Å². The first kappa shape index (κ1) is 18.0. The maximum absolute atomic E-state index is 11.8. The lowest BCUT2D eigenvalue weighted by Crippen LogP contribution is -2.46. The number of ether oxygens (including phenoxy) is 1. The molecule has 0 aromatic heterocycles. The van der Waals surface area contributed by atoms with Gasteiger partial charge in [-0.15, -0.1) is 0 Å². The molecule has 1 aromatic rings. The molecule has 0 aliphatic rings. The second-order valence-corrected chi connectivity index (χ2v) is 5.35. The number of nitrogens with zero attached hydrogens (tertiary/aromatic N) is 1. The van der Waals surface area contributed by atoms with Crippen LogP contribution in [-0.4, -0.2) is 43.6 Å². The molecule has 6 heteroatoms. The molecular formula is C16H25N3O3. The normalized spacial score (nSPS) is 11.9. The number of imide groups is 1. The van der Waals surface area contributed by atoms with Crippen LogP contribution in [0, 0.1) is 0 Å². The molecule has 0 aliphatic carbocycles. The van der Waals surface area contributed by atoms with Gasteiger partial charge in [0, 0.05) is 12.6 Å². The summed E-state index contributed by atoms with van der Waals surface area (Å²) >= 11 is 0. The average molecular weight is 307 g/mol. The number of urea groups is 1. The second kappa shape index (κ2) is 9.04. The summed E-state index contributed by atoms with van der Waals surface area (Å²) in [6.07, 6.45) is 0.817. The van der Waals surface area contributed by atoms with Crippen LogP contribution in [0.2, 0.25) is 0 Å². The Morgan fingerprint density at radius 1 is 1.36 bits per heavy atom. The SMILES string of the molecule is CC[C@H](C)NC(=O)NC(=O)CN(C)Cc1cccc(OC)c1. The zero-order valence-electron chi connectivity index (χ0n) is 13.7. The van der Waals surface area contributed by atoms with Gasteiger partial charge in [-0.2, -0.15) is 0 Å². The highest BCUT2D eigenvalue weighted by atomic mass is 16.5. The van der Waals surface area contributed by atoms with Gasteiger partial charge >= 0.3 is 6.03 Å². The van der Waals surface area contributed by atoms with Crippen molar-refractivity contribution in [3.63, 3.8) is 0 Å². The first-order valence-corrected chi connectivity index (χ1v) is 7.36. The fourth-order valence-electron chi connectivity index (χ4n) is 1.91. The van der Waals surface area contributed by atoms with Crippen LogP contribution < -0.4 is 15.4 Å². The van der Waals surface area contributed by atoms with Gasteiger partial charge in [-0.25, -0.2) is 4.79 Å². The first-order valence-electron chi connectivity index (χ1n) is 7.36. The molecule has 0 saturated heterocycles. The fraction of sp³-hybridized carbons (Fsp3) is 0.500. The first-order chi connectivity index (χ1) is 10.4. The molecule has 0 bridgehead atoms. The molecule has 1 rings (SSSR count). The Labute approximate surface area is 131 Å². The van der Waals surface area contributed by atoms with E-state index in [1.54, 1.807) is 7.11 Å². The van der Waals surface area contributed by atoms with Gasteiger partial charge in [0.2, 0.25) is 5.91 Å². The topological polar surface area (TPSA) is 70.7 Å². The van der Waals surface area contributed by atoms with Crippen LogP contribution in [0.3, 0.4) is 0 Å². The summed E-state index contributed by atoms with van der Waals surface area (Å²) in [4.78, 5) is 25.2. The molecule has 0 fully saturated rings. The van der Waals surface area contributed by atoms with Crippen molar-refractivity contribution in [3.05, 3.63) is 29.8 Å². The monoisotopic (exact) mass is 307 g/mol. The van der Waals surface area contributed by atoms with E-state index in [1.165, 1.54) is 0 Å². The van der Waals surface area contributed by atoms with Gasteiger partial charge in [-0.05, 0) is 38.1 Å². The summed E-state index contributed by atoms with van der Waals surface area (Å²) in [5, 5.41) is 5.02. The number of carbonyl (C=O) groups excluding carboxylic acids is 2. The predicted octanol–water partition coefficient (Wildman–Crippen LogP) is 1.75. The third kappa shape index (κ3) is 6.58. The number of methoxy groups -OCH3 is 1. The number of rotatable bonds is 7. The average Bonchev–Trinajstić information content (AvgIpc) is 2.46. The van der Waals surface area contributed by atoms with E-state index in [-0.39, 0.29) is 18.5 Å². The van der Waals surface area contributed by atoms with Crippen molar-refractivity contribution in [2.45, 2.75) is 32.9 Å². The van der Waals surface area contributed by atoms with Crippen molar-refractivity contribution >= 4 is 11.9 Å². The Morgan fingerprint density at radius 2 is 2.09 bits per heavy atom. The third-order valence-corrected chi connectivity index (χ3v) is 3.24. The van der Waals surface area contributed by atoms with Crippen LogP contribution in [0.1, 0.15) is 25.8 Å². The fourth-order valence-corrected chi connectivity index (χ4v) is 1.91. The lowest BCUT2D eigenvalue weighted by molar-refractivity contribution is -0.120. The van der Waals surface area contributed by atoms with E-state index < -0.39 is 6.03 Å². The van der Waals surface area contributed by atoms with Crippen molar-refractivity contribution in [1.29, 1.82) is 0 Å². The molecule has 0 spiro atoms. The van der Waals surface area contributed by atoms with Crippen molar-refractivity contribution in [1.82, 2.24) is 15.5 Å². The number of hydrogen-bond donors (Lipinski definition) is 2. The third-order valence-electron chi connectivity index (χ3n) is 3.24. The highest BCUT2D eigenvalue weighted by Gasteiger charge is 2.12. The van der Waals surface area contributed by atoms with Crippen molar-refractivity contribution in [2.75, 3.05) is 20.7 Å². The molecule has 122 valence electrons. The number of benzene rings is 1. The smallest absolute Gasteiger partial charge is 0.321 e. The molecule has 0 aliphatic heterocycles. The largest absolute Gasteiger partial charge is 0.497 e. The molecule has 0 unspecified atom stereocenters. The van der Waals surface area contributed by atoms with E-state index in [4.69, 9.17) is 4.74 Å². The van der Waals surface area contributed by atoms with Gasteiger partial charge in [0.25, 0.3) is 0 Å². The Kier molecular flexibility index (Phi) is 7.39. The molecule has 6 nitrogen and oxygen atoms in total. The van der Waals surface area contributed by atoms with Gasteiger partial charge in [0.15, 0.2) is 0 Å². The van der Waals surface area contributed by atoms with Crippen LogP contribution in [0.15, 0.2) is 24.3 Å². The number of carbonyl (C=O) groups is 2. The van der Waals surface area contributed by atoms with Crippen LogP contribution in [-0.2, 0) is 11.3 Å². The van der Waals surface area contributed by atoms with E-state index in [1.807, 2.05) is 50.1 Å². The molecule has 3 amide bonds. The molecule has 0 saturated carbocycles. The van der Waals surface area contributed by atoms with E-state index in [0.717, 1.165) is 17.7 Å². The standard InChI is InChI=1S/C16H25N3O3/c1-5-12(2)17-16(21)18-15(20)11-19(3)10-13-7-6-8-14(9-13)22-4/h6-9,12H,5,10-11H2,1-4H3,(H2,17,18,20,21)/t12-/m0/s1. The second-order valence-electron chi connectivity index (χ2n) is 5.35. The van der Waals surface area contributed by atoms with Crippen LogP contribution >= 0.6 is 0 Å². The van der Waals surface area contributed by atoms with E-state index in [0.29, 0.717) is 6.54 Å². The Balaban J connectivity index is 2.42. The van der Waals surface area contributed by atoms with Crippen molar-refractivity contribution in [2.24, 2.45) is 0 Å². The minimum atomic E-state index is -0.450. The maximum Gasteiger partial charge on any atom is 0.321 e. The molecule has 2 N–H and O–H groups in total. The Hall–Kier alpha value is -2.08. The molecule has 0 heterocycles. The quantitative estimate of drug-likeness (QED) is 0.805. The van der Waals surface area contributed by atoms with Crippen LogP contribution in [0.4, 0.5) is 4.79 Å². The zero-order valence-corrected chi connectivity index (χ0v) is 13.7. The number of amides is 3. The summed E-state index contributed by atoms with van der Waals surface area (Å²) in [5.41, 5.74) is 1.04. The summed E-state index contributed by atoms with van der Waals surface area (Å²) in [6.45, 7) is 4.59.